The molecule has 0 aliphatic carbocycles. The molecule has 0 saturated carbocycles. The third-order valence-corrected chi connectivity index (χ3v) is 0. The molecule has 0 saturated heterocycles. The first-order valence-electron chi connectivity index (χ1n) is 0.857. The summed E-state index contributed by atoms with van der Waals surface area (Å²) in [5, 5.41) is 0. The molecule has 8 heavy (non-hydrogen) atoms. The monoisotopic (exact) mass is 988 g/mol. The molecule has 0 aromatic heterocycles. The molecule has 0 fully saturated rings. The molecule has 0 unspecified atom stereocenters. The van der Waals surface area contributed by atoms with Gasteiger partial charge in [0.15, 0.2) is 0 Å². The van der Waals surface area contributed by atoms with Crippen LogP contribution in [0.15, 0.2) is 0 Å². The Morgan fingerprint density at radius 2 is 0.625 bits per heavy atom. The van der Waals surface area contributed by atoms with Gasteiger partial charge in [-0.1, -0.05) is 0 Å². The van der Waals surface area contributed by atoms with Gasteiger partial charge in [0.1, 0.15) is 0 Å². The van der Waals surface area contributed by atoms with Crippen LogP contribution in [-0.2, 0) is -8.59 Å². The van der Waals surface area contributed by atoms with E-state index >= 15 is 0 Å². The summed E-state index contributed by atoms with van der Waals surface area (Å²) in [4.78, 5) is 0. The van der Waals surface area contributed by atoms with Gasteiger partial charge >= 0.3 is 160 Å². The Labute approximate surface area is 153 Å². The zero-order chi connectivity index (χ0) is 6.41. The molecule has 0 aliphatic rings. The molecule has 0 N–H and O–H groups in total. The fraction of sp³-hybridized carbons (Fsp3) is 0. The fourth-order valence-corrected chi connectivity index (χ4v) is 0. The first-order valence-corrected chi connectivity index (χ1v) is 47.1. The van der Waals surface area contributed by atoms with Crippen molar-refractivity contribution in [3.8, 4) is 0 Å². The number of hydrogen-bond donors (Lipinski definition) is 0. The van der Waals surface area contributed by atoms with E-state index in [-0.39, 0.29) is 51.4 Å². The van der Waals surface area contributed by atoms with Gasteiger partial charge in [0, 0.05) is 0 Å². The van der Waals surface area contributed by atoms with Crippen LogP contribution >= 0.6 is 117 Å². The van der Waals surface area contributed by atoms with Crippen molar-refractivity contribution in [2.75, 3.05) is 0 Å². The molecule has 0 aliphatic heterocycles. The van der Waals surface area contributed by atoms with E-state index in [0.717, 1.165) is 0 Å². The molecular formula is HI6KRe. The number of halogens is 6. The van der Waals surface area contributed by atoms with Gasteiger partial charge < -0.3 is 0 Å². The molecule has 0 radical (unpaired) electrons. The molecule has 51 valence electrons. The predicted octanol–water partition coefficient (Wildman–Crippen LogP) is 4.66. The van der Waals surface area contributed by atoms with E-state index in [1.165, 1.54) is 0 Å². The summed E-state index contributed by atoms with van der Waals surface area (Å²) in [5.74, 6) is 0. The summed E-state index contributed by atoms with van der Waals surface area (Å²) in [6, 6.07) is 0. The summed E-state index contributed by atoms with van der Waals surface area (Å²) in [6.07, 6.45) is 0. The standard InChI is InChI=1S/6HI.K.Re.H/h6*1H;;;/q;;;;;;;+6;/p-6. The van der Waals surface area contributed by atoms with Crippen molar-refractivity contribution < 1.29 is -8.59 Å². The zero-order valence-corrected chi connectivity index (χ0v) is 18.3. The number of rotatable bonds is 0. The molecule has 0 heterocycles. The van der Waals surface area contributed by atoms with E-state index < -0.39 is -8.59 Å². The van der Waals surface area contributed by atoms with Gasteiger partial charge in [-0.25, -0.2) is 0 Å². The Bertz CT molecular complexity index is 67.1. The van der Waals surface area contributed by atoms with Crippen molar-refractivity contribution in [1.29, 1.82) is 0 Å². The average molecular weight is 988 g/mol. The van der Waals surface area contributed by atoms with Crippen LogP contribution in [0.3, 0.4) is 0 Å². The van der Waals surface area contributed by atoms with Crippen molar-refractivity contribution in [2.24, 2.45) is 0 Å². The van der Waals surface area contributed by atoms with Crippen molar-refractivity contribution in [1.82, 2.24) is 0 Å². The average Bonchev–Trinajstić information content (AvgIpc) is 0.592. The van der Waals surface area contributed by atoms with Crippen LogP contribution in [0.5, 0.6) is 0 Å². The maximum atomic E-state index is 2.58. The minimum absolute atomic E-state index is 0. The van der Waals surface area contributed by atoms with E-state index in [0.29, 0.717) is 0 Å². The summed E-state index contributed by atoms with van der Waals surface area (Å²) in [5.41, 5.74) is 0. The SMILES string of the molecule is [I][Re]([I])([I])([I])([I])[I].[KH]. The Balaban J connectivity index is 0. The summed E-state index contributed by atoms with van der Waals surface area (Å²) >= 11 is 15.5. The van der Waals surface area contributed by atoms with Gasteiger partial charge in [-0.05, 0) is 0 Å². The van der Waals surface area contributed by atoms with Crippen LogP contribution in [0.1, 0.15) is 0 Å². The third kappa shape index (κ3) is 38.8. The van der Waals surface area contributed by atoms with Gasteiger partial charge in [0.05, 0.1) is 0 Å². The molecule has 0 aromatic rings. The van der Waals surface area contributed by atoms with Crippen LogP contribution in [0.4, 0.5) is 0 Å². The van der Waals surface area contributed by atoms with E-state index in [1.807, 2.05) is 0 Å². The van der Waals surface area contributed by atoms with Crippen molar-refractivity contribution in [2.45, 2.75) is 0 Å². The van der Waals surface area contributed by atoms with E-state index in [1.54, 1.807) is 0 Å². The maximum absolute atomic E-state index is 2.58. The Morgan fingerprint density at radius 1 is 0.625 bits per heavy atom. The third-order valence-electron chi connectivity index (χ3n) is 0. The first kappa shape index (κ1) is 17.1. The molecule has 8 heteroatoms. The molecule has 0 bridgehead atoms. The predicted molar refractivity (Wildman–Crippen MR) is 91.3 cm³/mol. The van der Waals surface area contributed by atoms with Gasteiger partial charge in [0.25, 0.3) is 0 Å². The van der Waals surface area contributed by atoms with Crippen LogP contribution in [0.25, 0.3) is 0 Å². The quantitative estimate of drug-likeness (QED) is 0.245. The Hall–Kier alpha value is 6.68. The van der Waals surface area contributed by atoms with Gasteiger partial charge in [-0.2, -0.15) is 0 Å². The molecule has 0 atom stereocenters. The first-order chi connectivity index (χ1) is 2.45. The van der Waals surface area contributed by atoms with E-state index in [2.05, 4.69) is 117 Å². The summed E-state index contributed by atoms with van der Waals surface area (Å²) in [6.45, 7) is 0. The van der Waals surface area contributed by atoms with E-state index in [4.69, 9.17) is 0 Å². The second-order valence-corrected chi connectivity index (χ2v) is 298. The van der Waals surface area contributed by atoms with E-state index in [9.17, 15) is 0 Å². The fourth-order valence-electron chi connectivity index (χ4n) is 0. The molecular weight excluding hydrogens is 987 g/mol. The second kappa shape index (κ2) is 4.68. The zero-order valence-electron chi connectivity index (χ0n) is 2.65. The second-order valence-electron chi connectivity index (χ2n) is 0.810. The Kier molecular flexibility index (Phi) is 9.99. The number of hydrogen-bond acceptors (Lipinski definition) is 0. The molecule has 0 amide bonds. The van der Waals surface area contributed by atoms with Crippen molar-refractivity contribution in [3.63, 3.8) is 0 Å². The van der Waals surface area contributed by atoms with Gasteiger partial charge in [-0.3, -0.25) is 0 Å². The van der Waals surface area contributed by atoms with Crippen molar-refractivity contribution >= 4 is 168 Å². The molecule has 0 nitrogen and oxygen atoms in total. The Morgan fingerprint density at radius 3 is 0.625 bits per heavy atom. The molecule has 0 rings (SSSR count). The van der Waals surface area contributed by atoms with Crippen molar-refractivity contribution in [3.05, 3.63) is 0 Å². The van der Waals surface area contributed by atoms with Gasteiger partial charge in [-0.15, -0.1) is 0 Å². The summed E-state index contributed by atoms with van der Waals surface area (Å²) < 4.78 is -2.44. The van der Waals surface area contributed by atoms with Crippen LogP contribution in [0, 0.1) is 0 Å². The van der Waals surface area contributed by atoms with Crippen LogP contribution in [-0.4, -0.2) is 51.4 Å². The van der Waals surface area contributed by atoms with Crippen LogP contribution in [0.2, 0.25) is 0 Å². The molecule has 0 spiro atoms. The minimum atomic E-state index is -2.44. The van der Waals surface area contributed by atoms with Crippen LogP contribution < -0.4 is 0 Å². The molecule has 0 aromatic carbocycles. The normalized spacial score (nSPS) is 20.2. The summed E-state index contributed by atoms with van der Waals surface area (Å²) in [7, 11) is 0. The van der Waals surface area contributed by atoms with Gasteiger partial charge in [0.2, 0.25) is 0 Å². The topological polar surface area (TPSA) is 0 Å².